The van der Waals surface area contributed by atoms with Gasteiger partial charge in [-0.3, -0.25) is 34.3 Å². The Morgan fingerprint density at radius 1 is 1.10 bits per heavy atom. The summed E-state index contributed by atoms with van der Waals surface area (Å²) in [4.78, 5) is 71.3. The molecule has 16 heteroatoms. The Morgan fingerprint density at radius 2 is 1.77 bits per heavy atom. The van der Waals surface area contributed by atoms with Crippen molar-refractivity contribution in [3.05, 3.63) is 65.3 Å². The highest BCUT2D eigenvalue weighted by atomic mass is 16.7. The van der Waals surface area contributed by atoms with Crippen molar-refractivity contribution >= 4 is 29.5 Å². The molecule has 1 aromatic rings. The Bertz CT molecular complexity index is 1740. The molecule has 60 heavy (non-hydrogen) atoms. The van der Waals surface area contributed by atoms with E-state index in [-0.39, 0.29) is 42.5 Å². The maximum absolute atomic E-state index is 14.7. The number of esters is 2. The van der Waals surface area contributed by atoms with Crippen LogP contribution in [0.2, 0.25) is 0 Å². The van der Waals surface area contributed by atoms with E-state index >= 15 is 0 Å². The molecule has 3 aliphatic rings. The topological polar surface area (TPSA) is 194 Å². The van der Waals surface area contributed by atoms with Crippen LogP contribution in [0, 0.1) is 33.8 Å². The normalized spacial score (nSPS) is 36.7. The maximum atomic E-state index is 14.7. The number of para-hydroxylation sites is 1. The molecule has 3 aliphatic heterocycles. The van der Waals surface area contributed by atoms with Crippen LogP contribution in [0.1, 0.15) is 80.2 Å². The zero-order valence-corrected chi connectivity index (χ0v) is 36.7. The first-order chi connectivity index (χ1) is 28.2. The van der Waals surface area contributed by atoms with E-state index in [2.05, 4.69) is 13.2 Å². The lowest BCUT2D eigenvalue weighted by molar-refractivity contribution is -0.385. The number of aliphatic hydroxyl groups excluding tert-OH is 1. The van der Waals surface area contributed by atoms with Gasteiger partial charge >= 0.3 is 18.0 Å². The van der Waals surface area contributed by atoms with Gasteiger partial charge in [0.2, 0.25) is 0 Å². The van der Waals surface area contributed by atoms with E-state index in [9.17, 15) is 34.4 Å². The summed E-state index contributed by atoms with van der Waals surface area (Å²) >= 11 is 0. The molecule has 1 amide bonds. The number of nitrogens with zero attached hydrogens (tertiary/aromatic N) is 3. The standard InChI is InChI=1S/C44H65N3O13/c1-13-20-45(11)32-22-26(5)56-41(36(32)50)59-39-28(7)37(58-34(48)23-30-18-16-17-19-31(30)47(53)54)29(8)40(51)57-33(15-3)44(10)38(46(21-14-2)42(52)60-44)27(6)35(49)25(4)24-43(39,9)55-12/h13-14,16-19,25-29,32-33,36-39,41,50H,1-2,15,20-24H2,3-12H3/t25-,26+,27+,28+,29-,32-,33-,36+,37+,38-,39-,41-,43-,44-/m1/s1. The number of amides is 1. The van der Waals surface area contributed by atoms with Crippen LogP contribution in [0.4, 0.5) is 10.5 Å². The van der Waals surface area contributed by atoms with E-state index in [0.29, 0.717) is 13.0 Å². The number of likely N-dealkylation sites (N-methyl/N-ethyl adjacent to an activating group) is 1. The number of methoxy groups -OCH3 is 1. The summed E-state index contributed by atoms with van der Waals surface area (Å²) < 4.78 is 37.9. The first-order valence-electron chi connectivity index (χ1n) is 20.8. The van der Waals surface area contributed by atoms with Gasteiger partial charge in [-0.05, 0) is 54.0 Å². The van der Waals surface area contributed by atoms with E-state index in [4.69, 9.17) is 28.4 Å². The maximum Gasteiger partial charge on any atom is 0.411 e. The number of aliphatic hydroxyl groups is 1. The van der Waals surface area contributed by atoms with Gasteiger partial charge < -0.3 is 33.5 Å². The molecule has 0 saturated carbocycles. The second kappa shape index (κ2) is 20.1. The van der Waals surface area contributed by atoms with Gasteiger partial charge in [-0.2, -0.15) is 0 Å². The molecule has 0 aliphatic carbocycles. The lowest BCUT2D eigenvalue weighted by atomic mass is 9.73. The third-order valence-electron chi connectivity index (χ3n) is 12.8. The third-order valence-corrected chi connectivity index (χ3v) is 12.8. The molecule has 1 N–H and O–H groups in total. The van der Waals surface area contributed by atoms with E-state index in [0.717, 1.165) is 0 Å². The molecule has 3 heterocycles. The summed E-state index contributed by atoms with van der Waals surface area (Å²) in [5, 5.41) is 23.7. The molecule has 0 aromatic heterocycles. The number of fused-ring (bicyclic) bond motifs is 1. The number of benzene rings is 1. The van der Waals surface area contributed by atoms with Gasteiger partial charge in [-0.25, -0.2) is 4.79 Å². The number of carbonyl (C=O) groups excluding carboxylic acids is 4. The Balaban J connectivity index is 1.90. The molecule has 1 aromatic carbocycles. The monoisotopic (exact) mass is 843 g/mol. The largest absolute Gasteiger partial charge is 0.461 e. The minimum Gasteiger partial charge on any atom is -0.461 e. The summed E-state index contributed by atoms with van der Waals surface area (Å²) in [5.41, 5.74) is -3.04. The Morgan fingerprint density at radius 3 is 2.37 bits per heavy atom. The van der Waals surface area contributed by atoms with Gasteiger partial charge in [-0.15, -0.1) is 13.2 Å². The number of hydrogen-bond acceptors (Lipinski definition) is 14. The lowest BCUT2D eigenvalue weighted by Crippen LogP contribution is -2.61. The second-order valence-corrected chi connectivity index (χ2v) is 17.1. The van der Waals surface area contributed by atoms with E-state index in [1.807, 2.05) is 18.9 Å². The van der Waals surface area contributed by atoms with Gasteiger partial charge in [0, 0.05) is 55.6 Å². The lowest BCUT2D eigenvalue weighted by Gasteiger charge is -2.48. The van der Waals surface area contributed by atoms with Crippen molar-refractivity contribution in [3.63, 3.8) is 0 Å². The van der Waals surface area contributed by atoms with Crippen molar-refractivity contribution in [3.8, 4) is 0 Å². The Labute approximate surface area is 353 Å². The quantitative estimate of drug-likeness (QED) is 0.0869. The van der Waals surface area contributed by atoms with Gasteiger partial charge in [0.1, 0.15) is 24.1 Å². The number of carbonyl (C=O) groups is 4. The molecular formula is C44H65N3O13. The second-order valence-electron chi connectivity index (χ2n) is 17.1. The summed E-state index contributed by atoms with van der Waals surface area (Å²) in [5.74, 6) is -5.57. The minimum atomic E-state index is -1.48. The highest BCUT2D eigenvalue weighted by Gasteiger charge is 2.60. The number of Topliss-reactive ketones (excluding diaryl/α,β-unsaturated/α-hetero) is 1. The van der Waals surface area contributed by atoms with Gasteiger partial charge in [0.15, 0.2) is 11.9 Å². The number of ether oxygens (including phenoxy) is 6. The fraction of sp³-hybridized carbons (Fsp3) is 0.682. The van der Waals surface area contributed by atoms with Crippen LogP contribution in [0.15, 0.2) is 49.6 Å². The predicted molar refractivity (Wildman–Crippen MR) is 221 cm³/mol. The molecule has 0 unspecified atom stereocenters. The van der Waals surface area contributed by atoms with Gasteiger partial charge in [0.05, 0.1) is 41.1 Å². The molecule has 4 rings (SSSR count). The predicted octanol–water partition coefficient (Wildman–Crippen LogP) is 5.43. The molecule has 334 valence electrons. The first kappa shape index (κ1) is 48.4. The Kier molecular flexibility index (Phi) is 16.2. The fourth-order valence-corrected chi connectivity index (χ4v) is 9.61. The van der Waals surface area contributed by atoms with Crippen LogP contribution in [-0.2, 0) is 49.2 Å². The molecule has 3 saturated heterocycles. The molecule has 0 bridgehead atoms. The Hall–Kier alpha value is -4.22. The number of nitro benzene ring substituents is 1. The molecule has 3 fully saturated rings. The average Bonchev–Trinajstić information content (AvgIpc) is 3.46. The van der Waals surface area contributed by atoms with Crippen LogP contribution in [0.25, 0.3) is 0 Å². The highest BCUT2D eigenvalue weighted by Crippen LogP contribution is 2.44. The van der Waals surface area contributed by atoms with Crippen LogP contribution in [0.3, 0.4) is 0 Å². The van der Waals surface area contributed by atoms with Crippen molar-refractivity contribution in [2.24, 2.45) is 23.7 Å². The van der Waals surface area contributed by atoms with Crippen molar-refractivity contribution in [2.45, 2.75) is 141 Å². The zero-order chi connectivity index (χ0) is 44.9. The highest BCUT2D eigenvalue weighted by molar-refractivity contribution is 5.85. The van der Waals surface area contributed by atoms with Gasteiger partial charge in [-0.1, -0.05) is 58.0 Å². The number of ketones is 1. The van der Waals surface area contributed by atoms with Crippen molar-refractivity contribution in [1.29, 1.82) is 0 Å². The number of rotatable bonds is 13. The third kappa shape index (κ3) is 10.1. The molecule has 16 nitrogen and oxygen atoms in total. The van der Waals surface area contributed by atoms with E-state index in [1.54, 1.807) is 53.7 Å². The number of hydrogen-bond donors (Lipinski definition) is 1. The van der Waals surface area contributed by atoms with Crippen molar-refractivity contribution in [1.82, 2.24) is 9.80 Å². The summed E-state index contributed by atoms with van der Waals surface area (Å²) in [6.07, 6.45) is -3.48. The van der Waals surface area contributed by atoms with Crippen LogP contribution in [0.5, 0.6) is 0 Å². The minimum absolute atomic E-state index is 0.0481. The van der Waals surface area contributed by atoms with Gasteiger partial charge in [0.25, 0.3) is 5.69 Å². The van der Waals surface area contributed by atoms with Crippen LogP contribution in [-0.4, -0.2) is 131 Å². The summed E-state index contributed by atoms with van der Waals surface area (Å²) in [6.45, 7) is 21.9. The summed E-state index contributed by atoms with van der Waals surface area (Å²) in [6, 6.07) is 4.51. The smallest absolute Gasteiger partial charge is 0.411 e. The van der Waals surface area contributed by atoms with Crippen molar-refractivity contribution in [2.75, 3.05) is 27.2 Å². The molecule has 14 atom stereocenters. The zero-order valence-electron chi connectivity index (χ0n) is 36.7. The number of nitro groups is 1. The van der Waals surface area contributed by atoms with Crippen LogP contribution >= 0.6 is 0 Å². The average molecular weight is 844 g/mol. The molecule has 0 radical (unpaired) electrons. The number of cyclic esters (lactones) is 1. The fourth-order valence-electron chi connectivity index (χ4n) is 9.61. The first-order valence-corrected chi connectivity index (χ1v) is 20.8. The SMILES string of the molecule is C=CCN(C)[C@@H]1C[C@H](C)O[C@H](O[C@@H]2[C@@H](C)[C@H](OC(=O)Cc3ccccc3[N+](=O)[O-])[C@@H](C)C(=O)O[C@H](CC)[C@@]3(C)OC(=O)N(CC=C)[C@@H]3[C@@H](C)C(=O)[C@H](C)C[C@@]2(C)OC)[C@H]1O. The van der Waals surface area contributed by atoms with E-state index < -0.39 is 107 Å². The molecular weight excluding hydrogens is 778 g/mol. The summed E-state index contributed by atoms with van der Waals surface area (Å²) in [7, 11) is 3.32. The molecule has 0 spiro atoms. The van der Waals surface area contributed by atoms with Crippen molar-refractivity contribution < 1.29 is 57.6 Å². The van der Waals surface area contributed by atoms with E-state index in [1.165, 1.54) is 43.2 Å². The van der Waals surface area contributed by atoms with Crippen LogP contribution < -0.4 is 0 Å².